The van der Waals surface area contributed by atoms with Crippen molar-refractivity contribution in [1.29, 1.82) is 0 Å². The molecule has 0 radical (unpaired) electrons. The molecular weight excluding hydrogens is 408 g/mol. The first-order valence-electron chi connectivity index (χ1n) is 12.1. The van der Waals surface area contributed by atoms with E-state index in [1.165, 1.54) is 22.3 Å². The molecule has 4 rings (SSSR count). The molecular formula is C28H36N4O. The van der Waals surface area contributed by atoms with Crippen molar-refractivity contribution in [2.75, 3.05) is 37.6 Å². The van der Waals surface area contributed by atoms with E-state index in [9.17, 15) is 5.11 Å². The van der Waals surface area contributed by atoms with Crippen molar-refractivity contribution in [3.8, 4) is 0 Å². The van der Waals surface area contributed by atoms with E-state index in [1.54, 1.807) is 0 Å². The number of benzene rings is 2. The lowest BCUT2D eigenvalue weighted by atomic mass is 10.0. The standard InChI is InChI=1S/C28H36N4O/c1-4-27-26(19-24-12-10-21(2)11-13-24)28(30-22(3)29-27)32-16-14-31(15-17-32)20-25(33)18-23-8-6-5-7-9-23/h5-13,25,33H,4,14-20H2,1-3H3/t25-/m1/s1. The Balaban J connectivity index is 1.43. The highest BCUT2D eigenvalue weighted by molar-refractivity contribution is 5.52. The Morgan fingerprint density at radius 2 is 1.58 bits per heavy atom. The number of aryl methyl sites for hydroxylation is 3. The van der Waals surface area contributed by atoms with Crippen LogP contribution in [0.25, 0.3) is 0 Å². The summed E-state index contributed by atoms with van der Waals surface area (Å²) in [6.07, 6.45) is 2.12. The zero-order chi connectivity index (χ0) is 23.2. The highest BCUT2D eigenvalue weighted by Crippen LogP contribution is 2.26. The predicted octanol–water partition coefficient (Wildman–Crippen LogP) is 3.97. The van der Waals surface area contributed by atoms with Gasteiger partial charge in [-0.15, -0.1) is 0 Å². The second kappa shape index (κ2) is 10.9. The highest BCUT2D eigenvalue weighted by atomic mass is 16.3. The predicted molar refractivity (Wildman–Crippen MR) is 135 cm³/mol. The molecule has 33 heavy (non-hydrogen) atoms. The van der Waals surface area contributed by atoms with Crippen LogP contribution in [-0.4, -0.2) is 58.8 Å². The van der Waals surface area contributed by atoms with Crippen LogP contribution in [0.4, 0.5) is 5.82 Å². The van der Waals surface area contributed by atoms with Gasteiger partial charge in [0.25, 0.3) is 0 Å². The molecule has 0 bridgehead atoms. The minimum absolute atomic E-state index is 0.343. The molecule has 0 saturated carbocycles. The summed E-state index contributed by atoms with van der Waals surface area (Å²) in [5.41, 5.74) is 6.17. The number of piperazine rings is 1. The highest BCUT2D eigenvalue weighted by Gasteiger charge is 2.24. The molecule has 174 valence electrons. The van der Waals surface area contributed by atoms with Crippen molar-refractivity contribution in [2.24, 2.45) is 0 Å². The molecule has 5 heteroatoms. The van der Waals surface area contributed by atoms with E-state index in [1.807, 2.05) is 25.1 Å². The number of anilines is 1. The fourth-order valence-electron chi connectivity index (χ4n) is 4.67. The van der Waals surface area contributed by atoms with Gasteiger partial charge in [0.15, 0.2) is 0 Å². The van der Waals surface area contributed by atoms with Gasteiger partial charge in [-0.1, -0.05) is 67.1 Å². The van der Waals surface area contributed by atoms with E-state index in [-0.39, 0.29) is 6.10 Å². The Hall–Kier alpha value is -2.76. The van der Waals surface area contributed by atoms with Gasteiger partial charge in [0.05, 0.1) is 6.10 Å². The number of nitrogens with zero attached hydrogens (tertiary/aromatic N) is 4. The number of aromatic nitrogens is 2. The molecule has 0 spiro atoms. The molecule has 2 heterocycles. The zero-order valence-electron chi connectivity index (χ0n) is 20.2. The maximum absolute atomic E-state index is 10.6. The third kappa shape index (κ3) is 6.18. The largest absolute Gasteiger partial charge is 0.391 e. The molecule has 1 atom stereocenters. The van der Waals surface area contributed by atoms with E-state index in [0.29, 0.717) is 13.0 Å². The Morgan fingerprint density at radius 1 is 0.879 bits per heavy atom. The van der Waals surface area contributed by atoms with Crippen LogP contribution in [0.5, 0.6) is 0 Å². The summed E-state index contributed by atoms with van der Waals surface area (Å²) in [5, 5.41) is 10.6. The Labute approximate surface area is 198 Å². The van der Waals surface area contributed by atoms with Gasteiger partial charge >= 0.3 is 0 Å². The van der Waals surface area contributed by atoms with Crippen LogP contribution in [-0.2, 0) is 19.3 Å². The Bertz CT molecular complexity index is 1030. The number of β-amino-alcohol motifs (C(OH)–C–C–N with tert-alkyl or cyclic N) is 1. The monoisotopic (exact) mass is 444 g/mol. The molecule has 1 aliphatic heterocycles. The summed E-state index contributed by atoms with van der Waals surface area (Å²) in [7, 11) is 0. The Morgan fingerprint density at radius 3 is 2.24 bits per heavy atom. The van der Waals surface area contributed by atoms with Crippen molar-refractivity contribution in [3.63, 3.8) is 0 Å². The van der Waals surface area contributed by atoms with Gasteiger partial charge in [-0.25, -0.2) is 9.97 Å². The van der Waals surface area contributed by atoms with Gasteiger partial charge < -0.3 is 10.0 Å². The second-order valence-electron chi connectivity index (χ2n) is 9.17. The molecule has 1 aliphatic rings. The van der Waals surface area contributed by atoms with E-state index < -0.39 is 0 Å². The molecule has 0 unspecified atom stereocenters. The topological polar surface area (TPSA) is 52.5 Å². The zero-order valence-corrected chi connectivity index (χ0v) is 20.2. The molecule has 0 aliphatic carbocycles. The van der Waals surface area contributed by atoms with Crippen LogP contribution < -0.4 is 4.90 Å². The van der Waals surface area contributed by atoms with Gasteiger partial charge in [-0.3, -0.25) is 4.90 Å². The SMILES string of the molecule is CCc1nc(C)nc(N2CCN(C[C@H](O)Cc3ccccc3)CC2)c1Cc1ccc(C)cc1. The van der Waals surface area contributed by atoms with Crippen molar-refractivity contribution in [1.82, 2.24) is 14.9 Å². The summed E-state index contributed by atoms with van der Waals surface area (Å²) in [6.45, 7) is 10.7. The fraction of sp³-hybridized carbons (Fsp3) is 0.429. The van der Waals surface area contributed by atoms with Crippen molar-refractivity contribution >= 4 is 5.82 Å². The number of aliphatic hydroxyl groups excluding tert-OH is 1. The number of aliphatic hydroxyl groups is 1. The summed E-state index contributed by atoms with van der Waals surface area (Å²) in [4.78, 5) is 14.5. The van der Waals surface area contributed by atoms with E-state index >= 15 is 0 Å². The minimum atomic E-state index is -0.343. The quantitative estimate of drug-likeness (QED) is 0.570. The third-order valence-corrected chi connectivity index (χ3v) is 6.47. The van der Waals surface area contributed by atoms with Crippen LogP contribution in [0, 0.1) is 13.8 Å². The maximum atomic E-state index is 10.6. The molecule has 5 nitrogen and oxygen atoms in total. The average molecular weight is 445 g/mol. The summed E-state index contributed by atoms with van der Waals surface area (Å²) in [5.74, 6) is 1.93. The number of rotatable bonds is 8. The van der Waals surface area contributed by atoms with Crippen LogP contribution in [0.2, 0.25) is 0 Å². The van der Waals surface area contributed by atoms with Crippen LogP contribution in [0.1, 0.15) is 40.7 Å². The average Bonchev–Trinajstić information content (AvgIpc) is 2.82. The molecule has 1 N–H and O–H groups in total. The summed E-state index contributed by atoms with van der Waals surface area (Å²) in [6, 6.07) is 19.0. The van der Waals surface area contributed by atoms with Crippen molar-refractivity contribution in [3.05, 3.63) is 88.4 Å². The molecule has 0 amide bonds. The maximum Gasteiger partial charge on any atom is 0.136 e. The molecule has 3 aromatic rings. The fourth-order valence-corrected chi connectivity index (χ4v) is 4.67. The first-order chi connectivity index (χ1) is 16.0. The lowest BCUT2D eigenvalue weighted by molar-refractivity contribution is 0.109. The first kappa shape index (κ1) is 23.4. The first-order valence-corrected chi connectivity index (χ1v) is 12.1. The second-order valence-corrected chi connectivity index (χ2v) is 9.17. The molecule has 2 aromatic carbocycles. The van der Waals surface area contributed by atoms with E-state index in [4.69, 9.17) is 9.97 Å². The molecule has 1 aromatic heterocycles. The van der Waals surface area contributed by atoms with Gasteiger partial charge in [0, 0.05) is 50.4 Å². The van der Waals surface area contributed by atoms with E-state index in [0.717, 1.165) is 56.4 Å². The van der Waals surface area contributed by atoms with Crippen molar-refractivity contribution in [2.45, 2.75) is 46.1 Å². The van der Waals surface area contributed by atoms with Crippen LogP contribution >= 0.6 is 0 Å². The van der Waals surface area contributed by atoms with Crippen molar-refractivity contribution < 1.29 is 5.11 Å². The number of hydrogen-bond acceptors (Lipinski definition) is 5. The van der Waals surface area contributed by atoms with Crippen LogP contribution in [0.15, 0.2) is 54.6 Å². The van der Waals surface area contributed by atoms with Crippen LogP contribution in [0.3, 0.4) is 0 Å². The number of hydrogen-bond donors (Lipinski definition) is 1. The normalized spacial score (nSPS) is 15.6. The minimum Gasteiger partial charge on any atom is -0.391 e. The lowest BCUT2D eigenvalue weighted by Gasteiger charge is -2.37. The van der Waals surface area contributed by atoms with Gasteiger partial charge in [-0.2, -0.15) is 0 Å². The summed E-state index contributed by atoms with van der Waals surface area (Å²) >= 11 is 0. The molecule has 1 saturated heterocycles. The Kier molecular flexibility index (Phi) is 7.73. The third-order valence-electron chi connectivity index (χ3n) is 6.47. The lowest BCUT2D eigenvalue weighted by Crippen LogP contribution is -2.49. The molecule has 1 fully saturated rings. The summed E-state index contributed by atoms with van der Waals surface area (Å²) < 4.78 is 0. The van der Waals surface area contributed by atoms with E-state index in [2.05, 4.69) is 60.0 Å². The van der Waals surface area contributed by atoms with Gasteiger partial charge in [-0.05, 0) is 37.8 Å². The van der Waals surface area contributed by atoms with Gasteiger partial charge in [0.2, 0.25) is 0 Å². The van der Waals surface area contributed by atoms with Gasteiger partial charge in [0.1, 0.15) is 11.6 Å². The smallest absolute Gasteiger partial charge is 0.136 e.